The van der Waals surface area contributed by atoms with Gasteiger partial charge in [-0.25, -0.2) is 10.9 Å². The average Bonchev–Trinajstić information content (AvgIpc) is 2.86. The lowest BCUT2D eigenvalue weighted by Crippen LogP contribution is -2.36. The average molecular weight is 485 g/mol. The molecule has 3 aromatic rings. The molecule has 0 fully saturated rings. The Morgan fingerprint density at radius 2 is 1.56 bits per heavy atom. The molecule has 3 rings (SSSR count). The second kappa shape index (κ2) is 13.7. The minimum absolute atomic E-state index is 0. The van der Waals surface area contributed by atoms with Crippen LogP contribution in [0.15, 0.2) is 60.7 Å². The lowest BCUT2D eigenvalue weighted by Gasteiger charge is -2.18. The van der Waals surface area contributed by atoms with Gasteiger partial charge < -0.3 is 4.90 Å². The lowest BCUT2D eigenvalue weighted by atomic mass is 9.98. The summed E-state index contributed by atoms with van der Waals surface area (Å²) in [5.41, 5.74) is 10.4. The number of halogens is 1. The van der Waals surface area contributed by atoms with E-state index in [-0.39, 0.29) is 23.9 Å². The minimum atomic E-state index is -0.621. The molecule has 4 N–H and O–H groups in total. The molecule has 3 aromatic carbocycles. The number of aryl methyl sites for hydroxylation is 1. The van der Waals surface area contributed by atoms with Crippen molar-refractivity contribution in [2.45, 2.75) is 33.2 Å². The first-order valence-corrected chi connectivity index (χ1v) is 11.4. The maximum absolute atomic E-state index is 12.5. The molecular weight excluding hydrogens is 452 g/mol. The number of rotatable bonds is 11. The molecular formula is C26H33ClN4O3. The molecule has 0 radical (unpaired) electrons. The number of hydroxylamine groups is 1. The Hall–Kier alpha value is -2.97. The highest BCUT2D eigenvalue weighted by Crippen LogP contribution is 2.22. The largest absolute Gasteiger partial charge is 0.304 e. The highest BCUT2D eigenvalue weighted by Gasteiger charge is 2.09. The van der Waals surface area contributed by atoms with Crippen LogP contribution >= 0.6 is 12.4 Å². The van der Waals surface area contributed by atoms with E-state index in [1.165, 1.54) is 35.2 Å². The predicted octanol–water partition coefficient (Wildman–Crippen LogP) is 4.09. The number of carbonyl (C=O) groups is 2. The predicted molar refractivity (Wildman–Crippen MR) is 137 cm³/mol. The number of amides is 2. The van der Waals surface area contributed by atoms with Crippen molar-refractivity contribution >= 4 is 35.0 Å². The van der Waals surface area contributed by atoms with E-state index in [0.717, 1.165) is 43.4 Å². The zero-order chi connectivity index (χ0) is 23.6. The van der Waals surface area contributed by atoms with Gasteiger partial charge in [-0.3, -0.25) is 20.2 Å². The standard InChI is InChI=1S/C26H32N4O3.ClH/c1-3-30(4-2)15-7-8-19-16-22-9-5-6-10-24(22)23(17-19)18-27-28-25(31)20-11-13-21(14-12-20)26(32)29-33;/h5-6,9-14,16-17,27,33H,3-4,7-8,15,18H2,1-2H3,(H,28,31)(H,29,32);1H. The van der Waals surface area contributed by atoms with Crippen LogP contribution in [0.25, 0.3) is 10.8 Å². The van der Waals surface area contributed by atoms with Crippen molar-refractivity contribution < 1.29 is 14.8 Å². The van der Waals surface area contributed by atoms with E-state index in [1.807, 2.05) is 12.1 Å². The number of hydrogen-bond donors (Lipinski definition) is 4. The Kier molecular flexibility index (Phi) is 11.0. The molecule has 8 heteroatoms. The van der Waals surface area contributed by atoms with E-state index in [2.05, 4.69) is 53.9 Å². The number of hydrazine groups is 1. The fourth-order valence-electron chi connectivity index (χ4n) is 3.92. The molecule has 0 spiro atoms. The first-order valence-electron chi connectivity index (χ1n) is 11.4. The molecule has 0 aliphatic rings. The van der Waals surface area contributed by atoms with Crippen LogP contribution in [0.2, 0.25) is 0 Å². The van der Waals surface area contributed by atoms with Gasteiger partial charge in [0.2, 0.25) is 0 Å². The van der Waals surface area contributed by atoms with Crippen LogP contribution in [-0.2, 0) is 13.0 Å². The monoisotopic (exact) mass is 484 g/mol. The summed E-state index contributed by atoms with van der Waals surface area (Å²) in [7, 11) is 0. The van der Waals surface area contributed by atoms with E-state index in [0.29, 0.717) is 12.1 Å². The quantitative estimate of drug-likeness (QED) is 0.243. The van der Waals surface area contributed by atoms with E-state index >= 15 is 0 Å². The molecule has 0 heterocycles. The van der Waals surface area contributed by atoms with Crippen LogP contribution in [-0.4, -0.2) is 41.6 Å². The molecule has 182 valence electrons. The Morgan fingerprint density at radius 3 is 2.21 bits per heavy atom. The summed E-state index contributed by atoms with van der Waals surface area (Å²) >= 11 is 0. The van der Waals surface area contributed by atoms with Gasteiger partial charge in [0.25, 0.3) is 11.8 Å². The molecule has 0 bridgehead atoms. The fraction of sp³-hybridized carbons (Fsp3) is 0.308. The molecule has 34 heavy (non-hydrogen) atoms. The molecule has 0 saturated heterocycles. The van der Waals surface area contributed by atoms with Crippen molar-refractivity contribution in [3.63, 3.8) is 0 Å². The first kappa shape index (κ1) is 27.3. The van der Waals surface area contributed by atoms with Crippen LogP contribution < -0.4 is 16.3 Å². The van der Waals surface area contributed by atoms with Gasteiger partial charge in [0.05, 0.1) is 0 Å². The summed E-state index contributed by atoms with van der Waals surface area (Å²) in [6.45, 7) is 8.10. The number of hydrogen-bond acceptors (Lipinski definition) is 5. The Balaban J connectivity index is 0.00000408. The van der Waals surface area contributed by atoms with Crippen LogP contribution in [0.5, 0.6) is 0 Å². The lowest BCUT2D eigenvalue weighted by molar-refractivity contribution is 0.0706. The van der Waals surface area contributed by atoms with Crippen LogP contribution in [0.1, 0.15) is 52.1 Å². The highest BCUT2D eigenvalue weighted by molar-refractivity contribution is 5.97. The number of fused-ring (bicyclic) bond motifs is 1. The van der Waals surface area contributed by atoms with Crippen molar-refractivity contribution in [3.8, 4) is 0 Å². The van der Waals surface area contributed by atoms with Crippen molar-refractivity contribution in [3.05, 3.63) is 82.9 Å². The van der Waals surface area contributed by atoms with Gasteiger partial charge in [-0.15, -0.1) is 12.4 Å². The SMILES string of the molecule is CCN(CC)CCCc1cc(CNNC(=O)c2ccc(C(=O)NO)cc2)c2ccccc2c1.Cl. The molecule has 7 nitrogen and oxygen atoms in total. The molecule has 0 unspecified atom stereocenters. The molecule has 0 aliphatic heterocycles. The Bertz CT molecular complexity index is 1090. The van der Waals surface area contributed by atoms with Crippen molar-refractivity contribution in [1.82, 2.24) is 21.2 Å². The summed E-state index contributed by atoms with van der Waals surface area (Å²) in [6.07, 6.45) is 2.11. The van der Waals surface area contributed by atoms with Crippen molar-refractivity contribution in [1.29, 1.82) is 0 Å². The fourth-order valence-corrected chi connectivity index (χ4v) is 3.92. The van der Waals surface area contributed by atoms with Gasteiger partial charge in [0.15, 0.2) is 0 Å². The maximum Gasteiger partial charge on any atom is 0.274 e. The van der Waals surface area contributed by atoms with Gasteiger partial charge in [-0.05, 0) is 78.6 Å². The van der Waals surface area contributed by atoms with Crippen LogP contribution in [0.4, 0.5) is 0 Å². The zero-order valence-corrected chi connectivity index (χ0v) is 20.5. The van der Waals surface area contributed by atoms with E-state index in [9.17, 15) is 9.59 Å². The third kappa shape index (κ3) is 7.27. The number of nitrogens with one attached hydrogen (secondary N) is 3. The molecule has 0 saturated carbocycles. The normalized spacial score (nSPS) is 10.7. The molecule has 0 aromatic heterocycles. The van der Waals surface area contributed by atoms with Gasteiger partial charge in [-0.2, -0.15) is 0 Å². The molecule has 2 amide bonds. The van der Waals surface area contributed by atoms with Crippen LogP contribution in [0.3, 0.4) is 0 Å². The smallest absolute Gasteiger partial charge is 0.274 e. The number of carbonyl (C=O) groups excluding carboxylic acids is 2. The summed E-state index contributed by atoms with van der Waals surface area (Å²) in [5, 5.41) is 11.0. The minimum Gasteiger partial charge on any atom is -0.304 e. The summed E-state index contributed by atoms with van der Waals surface area (Å²) in [6, 6.07) is 18.8. The number of nitrogens with zero attached hydrogens (tertiary/aromatic N) is 1. The van der Waals surface area contributed by atoms with E-state index in [1.54, 1.807) is 5.48 Å². The third-order valence-corrected chi connectivity index (χ3v) is 5.83. The van der Waals surface area contributed by atoms with Gasteiger partial charge in [0.1, 0.15) is 0 Å². The zero-order valence-electron chi connectivity index (χ0n) is 19.6. The second-order valence-corrected chi connectivity index (χ2v) is 7.93. The summed E-state index contributed by atoms with van der Waals surface area (Å²) < 4.78 is 0. The first-order chi connectivity index (χ1) is 16.0. The molecule has 0 atom stereocenters. The van der Waals surface area contributed by atoms with Gasteiger partial charge in [0, 0.05) is 17.7 Å². The van der Waals surface area contributed by atoms with Crippen molar-refractivity contribution in [2.24, 2.45) is 0 Å². The van der Waals surface area contributed by atoms with E-state index < -0.39 is 5.91 Å². The third-order valence-electron chi connectivity index (χ3n) is 5.83. The topological polar surface area (TPSA) is 93.7 Å². The van der Waals surface area contributed by atoms with Crippen molar-refractivity contribution in [2.75, 3.05) is 19.6 Å². The van der Waals surface area contributed by atoms with E-state index in [4.69, 9.17) is 5.21 Å². The Morgan fingerprint density at radius 1 is 0.912 bits per heavy atom. The van der Waals surface area contributed by atoms with Crippen LogP contribution in [0, 0.1) is 0 Å². The van der Waals surface area contributed by atoms with Gasteiger partial charge in [-0.1, -0.05) is 50.2 Å². The number of benzene rings is 3. The second-order valence-electron chi connectivity index (χ2n) is 7.93. The summed E-state index contributed by atoms with van der Waals surface area (Å²) in [5.74, 6) is -0.922. The Labute approximate surface area is 206 Å². The van der Waals surface area contributed by atoms with Gasteiger partial charge >= 0.3 is 0 Å². The highest BCUT2D eigenvalue weighted by atomic mass is 35.5. The summed E-state index contributed by atoms with van der Waals surface area (Å²) in [4.78, 5) is 26.3. The molecule has 0 aliphatic carbocycles. The maximum atomic E-state index is 12.5.